The standard InChI is InChI=1S/C26H36FN7O2/c27-20-3-1-19(2-4-20)24-17-28-31-26(30-24)34-15-13-32(14-16-34)18-25(36)29-21-5-7-22(8-6-21)33-11-9-23(35)10-12-33/h1-4,17,21-23,35H,5-16,18H2,(H,29,36)/t21-,22-. The number of likely N-dealkylation sites (tertiary alicyclic amines) is 1. The summed E-state index contributed by atoms with van der Waals surface area (Å²) in [7, 11) is 0. The first kappa shape index (κ1) is 25.0. The molecule has 36 heavy (non-hydrogen) atoms. The van der Waals surface area contributed by atoms with Gasteiger partial charge in [0.2, 0.25) is 11.9 Å². The lowest BCUT2D eigenvalue weighted by Crippen LogP contribution is -2.52. The van der Waals surface area contributed by atoms with Crippen LogP contribution in [0.1, 0.15) is 38.5 Å². The van der Waals surface area contributed by atoms with Crippen molar-refractivity contribution in [2.45, 2.75) is 56.7 Å². The van der Waals surface area contributed by atoms with Gasteiger partial charge in [0.15, 0.2) is 0 Å². The summed E-state index contributed by atoms with van der Waals surface area (Å²) in [5.74, 6) is 0.373. The number of carbonyl (C=O) groups excluding carboxylic acids is 1. The lowest BCUT2D eigenvalue weighted by Gasteiger charge is -2.40. The molecule has 0 bridgehead atoms. The van der Waals surface area contributed by atoms with E-state index in [4.69, 9.17) is 0 Å². The van der Waals surface area contributed by atoms with Gasteiger partial charge in [-0.2, -0.15) is 5.10 Å². The van der Waals surface area contributed by atoms with Gasteiger partial charge >= 0.3 is 0 Å². The number of hydrogen-bond acceptors (Lipinski definition) is 8. The van der Waals surface area contributed by atoms with E-state index in [-0.39, 0.29) is 23.9 Å². The van der Waals surface area contributed by atoms with Crippen molar-refractivity contribution in [2.24, 2.45) is 0 Å². The minimum absolute atomic E-state index is 0.101. The average molecular weight is 498 g/mol. The van der Waals surface area contributed by atoms with Crippen LogP contribution in [0.25, 0.3) is 11.3 Å². The first-order valence-corrected chi connectivity index (χ1v) is 13.2. The Labute approximate surface area is 211 Å². The van der Waals surface area contributed by atoms with Crippen LogP contribution in [0.15, 0.2) is 30.5 Å². The van der Waals surface area contributed by atoms with E-state index in [0.29, 0.717) is 24.2 Å². The summed E-state index contributed by atoms with van der Waals surface area (Å²) in [4.78, 5) is 24.1. The summed E-state index contributed by atoms with van der Waals surface area (Å²) in [5, 5.41) is 21.3. The van der Waals surface area contributed by atoms with Gasteiger partial charge in [0.05, 0.1) is 24.5 Å². The zero-order chi connectivity index (χ0) is 24.9. The van der Waals surface area contributed by atoms with Crippen LogP contribution in [-0.4, -0.2) is 100.0 Å². The minimum Gasteiger partial charge on any atom is -0.393 e. The summed E-state index contributed by atoms with van der Waals surface area (Å²) in [6.07, 6.45) is 7.50. The summed E-state index contributed by atoms with van der Waals surface area (Å²) < 4.78 is 13.2. The summed E-state index contributed by atoms with van der Waals surface area (Å²) >= 11 is 0. The maximum absolute atomic E-state index is 13.2. The largest absolute Gasteiger partial charge is 0.393 e. The maximum Gasteiger partial charge on any atom is 0.245 e. The number of piperazine rings is 1. The van der Waals surface area contributed by atoms with Gasteiger partial charge < -0.3 is 20.2 Å². The molecule has 2 N–H and O–H groups in total. The number of anilines is 1. The molecular weight excluding hydrogens is 461 g/mol. The van der Waals surface area contributed by atoms with Crippen molar-refractivity contribution in [3.63, 3.8) is 0 Å². The predicted molar refractivity (Wildman–Crippen MR) is 135 cm³/mol. The quantitative estimate of drug-likeness (QED) is 0.622. The molecule has 0 atom stereocenters. The summed E-state index contributed by atoms with van der Waals surface area (Å²) in [6, 6.07) is 7.05. The van der Waals surface area contributed by atoms with E-state index >= 15 is 0 Å². The van der Waals surface area contributed by atoms with Crippen LogP contribution >= 0.6 is 0 Å². The molecule has 3 aliphatic rings. The molecule has 0 unspecified atom stereocenters. The molecule has 9 nitrogen and oxygen atoms in total. The van der Waals surface area contributed by atoms with Crippen molar-refractivity contribution in [2.75, 3.05) is 50.7 Å². The average Bonchev–Trinajstić information content (AvgIpc) is 2.90. The Hall–Kier alpha value is -2.69. The van der Waals surface area contributed by atoms with Crippen LogP contribution in [0, 0.1) is 5.82 Å². The molecule has 2 aromatic rings. The van der Waals surface area contributed by atoms with Crippen molar-refractivity contribution in [1.82, 2.24) is 30.3 Å². The third-order valence-corrected chi connectivity index (χ3v) is 7.79. The van der Waals surface area contributed by atoms with Crippen LogP contribution in [0.4, 0.5) is 10.3 Å². The molecule has 2 aliphatic heterocycles. The number of carbonyl (C=O) groups is 1. The predicted octanol–water partition coefficient (Wildman–Crippen LogP) is 1.68. The topological polar surface area (TPSA) is 97.7 Å². The SMILES string of the molecule is O=C(CN1CCN(c2nncc(-c3ccc(F)cc3)n2)CC1)N[C@H]1CC[C@H](N2CCC(O)CC2)CC1. The van der Waals surface area contributed by atoms with Crippen LogP contribution in [0.3, 0.4) is 0 Å². The number of aliphatic hydroxyl groups is 1. The number of amides is 1. The molecule has 3 fully saturated rings. The third-order valence-electron chi connectivity index (χ3n) is 7.79. The molecule has 3 heterocycles. The Morgan fingerprint density at radius 1 is 0.972 bits per heavy atom. The number of rotatable bonds is 6. The Kier molecular flexibility index (Phi) is 8.03. The van der Waals surface area contributed by atoms with Gasteiger partial charge in [0.25, 0.3) is 0 Å². The van der Waals surface area contributed by atoms with Gasteiger partial charge in [-0.25, -0.2) is 9.37 Å². The molecule has 194 valence electrons. The number of nitrogens with zero attached hydrogens (tertiary/aromatic N) is 6. The molecule has 5 rings (SSSR count). The third kappa shape index (κ3) is 6.35. The van der Waals surface area contributed by atoms with Crippen molar-refractivity contribution >= 4 is 11.9 Å². The highest BCUT2D eigenvalue weighted by molar-refractivity contribution is 5.78. The number of piperidine rings is 1. The normalized spacial score (nSPS) is 24.6. The van der Waals surface area contributed by atoms with E-state index in [9.17, 15) is 14.3 Å². The zero-order valence-corrected chi connectivity index (χ0v) is 20.7. The summed E-state index contributed by atoms with van der Waals surface area (Å²) in [5.41, 5.74) is 1.46. The number of hydrogen-bond donors (Lipinski definition) is 2. The van der Waals surface area contributed by atoms with E-state index in [1.807, 2.05) is 0 Å². The molecular formula is C26H36FN7O2. The fourth-order valence-corrected chi connectivity index (χ4v) is 5.61. The van der Waals surface area contributed by atoms with Crippen LogP contribution < -0.4 is 10.2 Å². The first-order valence-electron chi connectivity index (χ1n) is 13.2. The molecule has 1 saturated carbocycles. The molecule has 1 aromatic heterocycles. The summed E-state index contributed by atoms with van der Waals surface area (Å²) in [6.45, 7) is 5.34. The lowest BCUT2D eigenvalue weighted by atomic mass is 9.89. The van der Waals surface area contributed by atoms with E-state index in [1.54, 1.807) is 18.3 Å². The lowest BCUT2D eigenvalue weighted by molar-refractivity contribution is -0.123. The Morgan fingerprint density at radius 3 is 2.36 bits per heavy atom. The van der Waals surface area contributed by atoms with Crippen molar-refractivity contribution in [3.8, 4) is 11.3 Å². The van der Waals surface area contributed by atoms with Gasteiger partial charge in [-0.15, -0.1) is 5.10 Å². The highest BCUT2D eigenvalue weighted by Gasteiger charge is 2.29. The van der Waals surface area contributed by atoms with Crippen molar-refractivity contribution in [3.05, 3.63) is 36.3 Å². The van der Waals surface area contributed by atoms with Gasteiger partial charge in [-0.05, 0) is 62.8 Å². The van der Waals surface area contributed by atoms with E-state index in [1.165, 1.54) is 12.1 Å². The second kappa shape index (κ2) is 11.6. The van der Waals surface area contributed by atoms with E-state index in [0.717, 1.165) is 83.4 Å². The highest BCUT2D eigenvalue weighted by atomic mass is 19.1. The first-order chi connectivity index (χ1) is 17.5. The van der Waals surface area contributed by atoms with Crippen LogP contribution in [0.5, 0.6) is 0 Å². The van der Waals surface area contributed by atoms with Crippen LogP contribution in [-0.2, 0) is 4.79 Å². The molecule has 1 aromatic carbocycles. The van der Waals surface area contributed by atoms with Gasteiger partial charge in [0, 0.05) is 56.9 Å². The Morgan fingerprint density at radius 2 is 1.67 bits per heavy atom. The zero-order valence-electron chi connectivity index (χ0n) is 20.7. The second-order valence-corrected chi connectivity index (χ2v) is 10.3. The smallest absolute Gasteiger partial charge is 0.245 e. The molecule has 1 amide bonds. The van der Waals surface area contributed by atoms with Crippen molar-refractivity contribution in [1.29, 1.82) is 0 Å². The second-order valence-electron chi connectivity index (χ2n) is 10.3. The number of aromatic nitrogens is 3. The highest BCUT2D eigenvalue weighted by Crippen LogP contribution is 2.26. The molecule has 0 spiro atoms. The fraction of sp³-hybridized carbons (Fsp3) is 0.615. The van der Waals surface area contributed by atoms with E-state index < -0.39 is 0 Å². The Balaban J connectivity index is 1.04. The molecule has 2 saturated heterocycles. The Bertz CT molecular complexity index is 1000. The number of aliphatic hydroxyl groups excluding tert-OH is 1. The monoisotopic (exact) mass is 497 g/mol. The number of nitrogens with one attached hydrogen (secondary N) is 1. The van der Waals surface area contributed by atoms with E-state index in [2.05, 4.69) is 35.2 Å². The number of benzene rings is 1. The van der Waals surface area contributed by atoms with Crippen molar-refractivity contribution < 1.29 is 14.3 Å². The molecule has 10 heteroatoms. The van der Waals surface area contributed by atoms with Gasteiger partial charge in [0.1, 0.15) is 5.82 Å². The molecule has 1 aliphatic carbocycles. The van der Waals surface area contributed by atoms with Crippen LogP contribution in [0.2, 0.25) is 0 Å². The minimum atomic E-state index is -0.284. The molecule has 0 radical (unpaired) electrons. The fourth-order valence-electron chi connectivity index (χ4n) is 5.61. The maximum atomic E-state index is 13.2. The number of halogens is 1. The van der Waals surface area contributed by atoms with Gasteiger partial charge in [-0.3, -0.25) is 9.69 Å². The van der Waals surface area contributed by atoms with Gasteiger partial charge in [-0.1, -0.05) is 0 Å².